The molecule has 4 rings (SSSR count). The molecule has 3 aromatic carbocycles. The van der Waals surface area contributed by atoms with Crippen LogP contribution in [0.2, 0.25) is 0 Å². The summed E-state index contributed by atoms with van der Waals surface area (Å²) in [6.07, 6.45) is 5.64. The van der Waals surface area contributed by atoms with E-state index in [-0.39, 0.29) is 5.91 Å². The first-order chi connectivity index (χ1) is 14.6. The number of aryl methyl sites for hydroxylation is 2. The van der Waals surface area contributed by atoms with Crippen LogP contribution in [0.3, 0.4) is 0 Å². The van der Waals surface area contributed by atoms with E-state index in [0.29, 0.717) is 11.3 Å². The fourth-order valence-electron chi connectivity index (χ4n) is 3.77. The van der Waals surface area contributed by atoms with Gasteiger partial charge in [0, 0.05) is 0 Å². The molecule has 0 bridgehead atoms. The number of rotatable bonds is 4. The van der Waals surface area contributed by atoms with Crippen LogP contribution < -0.4 is 4.80 Å². The number of amides is 1. The van der Waals surface area contributed by atoms with Gasteiger partial charge in [-0.3, -0.25) is 4.79 Å². The lowest BCUT2D eigenvalue weighted by atomic mass is 9.91. The number of fused-ring (bicyclic) bond motifs is 1. The van der Waals surface area contributed by atoms with Crippen LogP contribution in [-0.2, 0) is 11.3 Å². The second kappa shape index (κ2) is 8.52. The monoisotopic (exact) mass is 410 g/mol. The molecule has 1 heterocycles. The van der Waals surface area contributed by atoms with E-state index in [0.717, 1.165) is 32.5 Å². The Morgan fingerprint density at radius 2 is 1.63 bits per heavy atom. The van der Waals surface area contributed by atoms with E-state index in [2.05, 4.69) is 36.9 Å². The lowest BCUT2D eigenvalue weighted by Gasteiger charge is -2.14. The Balaban J connectivity index is 1.90. The van der Waals surface area contributed by atoms with E-state index < -0.39 is 5.92 Å². The second-order valence-corrected chi connectivity index (χ2v) is 8.29. The third-order valence-corrected chi connectivity index (χ3v) is 6.31. The quantitative estimate of drug-likeness (QED) is 0.425. The van der Waals surface area contributed by atoms with E-state index in [4.69, 9.17) is 6.42 Å². The summed E-state index contributed by atoms with van der Waals surface area (Å²) in [4.78, 5) is 18.7. The van der Waals surface area contributed by atoms with Crippen molar-refractivity contribution in [3.8, 4) is 12.3 Å². The van der Waals surface area contributed by atoms with Gasteiger partial charge in [0.15, 0.2) is 4.80 Å². The molecule has 0 spiro atoms. The van der Waals surface area contributed by atoms with Gasteiger partial charge in [0.1, 0.15) is 0 Å². The minimum atomic E-state index is -0.459. The number of thiazole rings is 1. The molecule has 0 atom stereocenters. The van der Waals surface area contributed by atoms with Gasteiger partial charge in [-0.25, -0.2) is 0 Å². The topological polar surface area (TPSA) is 34.4 Å². The number of nitrogens with zero attached hydrogens (tertiary/aromatic N) is 2. The Hall–Kier alpha value is -3.42. The molecule has 1 aromatic heterocycles. The van der Waals surface area contributed by atoms with E-state index in [1.165, 1.54) is 11.3 Å². The average Bonchev–Trinajstić information content (AvgIpc) is 3.08. The van der Waals surface area contributed by atoms with Crippen molar-refractivity contribution in [1.29, 1.82) is 0 Å². The maximum Gasteiger partial charge on any atom is 0.260 e. The molecule has 0 aliphatic carbocycles. The van der Waals surface area contributed by atoms with E-state index in [1.807, 2.05) is 65.2 Å². The number of carbonyl (C=O) groups is 1. The van der Waals surface area contributed by atoms with Gasteiger partial charge in [0.2, 0.25) is 0 Å². The average molecular weight is 411 g/mol. The van der Waals surface area contributed by atoms with Gasteiger partial charge < -0.3 is 4.57 Å². The van der Waals surface area contributed by atoms with Gasteiger partial charge in [-0.1, -0.05) is 84.0 Å². The van der Waals surface area contributed by atoms with Crippen LogP contribution in [0.1, 0.15) is 28.2 Å². The fraction of sp³-hybridized carbons (Fsp3) is 0.154. The van der Waals surface area contributed by atoms with Crippen molar-refractivity contribution in [3.63, 3.8) is 0 Å². The van der Waals surface area contributed by atoms with Crippen LogP contribution in [0.5, 0.6) is 0 Å². The summed E-state index contributed by atoms with van der Waals surface area (Å²) in [5.74, 6) is 2.05. The number of benzene rings is 3. The maximum atomic E-state index is 13.5. The fourth-order valence-corrected chi connectivity index (χ4v) is 4.85. The first-order valence-corrected chi connectivity index (χ1v) is 10.6. The van der Waals surface area contributed by atoms with Crippen molar-refractivity contribution in [2.24, 2.45) is 4.99 Å². The summed E-state index contributed by atoms with van der Waals surface area (Å²) in [5, 5.41) is 0. The summed E-state index contributed by atoms with van der Waals surface area (Å²) in [6, 6.07) is 23.8. The summed E-state index contributed by atoms with van der Waals surface area (Å²) >= 11 is 1.52. The van der Waals surface area contributed by atoms with Gasteiger partial charge in [0.25, 0.3) is 5.91 Å². The highest BCUT2D eigenvalue weighted by molar-refractivity contribution is 7.16. The highest BCUT2D eigenvalue weighted by atomic mass is 32.1. The van der Waals surface area contributed by atoms with Gasteiger partial charge in [0.05, 0.1) is 22.7 Å². The Bertz CT molecular complexity index is 1270. The smallest absolute Gasteiger partial charge is 0.260 e. The van der Waals surface area contributed by atoms with Crippen LogP contribution in [0, 0.1) is 26.2 Å². The molecule has 0 radical (unpaired) electrons. The summed E-state index contributed by atoms with van der Waals surface area (Å²) < 4.78 is 3.07. The molecule has 0 fully saturated rings. The molecule has 3 nitrogen and oxygen atoms in total. The molecule has 0 saturated heterocycles. The van der Waals surface area contributed by atoms with Crippen LogP contribution >= 0.6 is 11.3 Å². The maximum absolute atomic E-state index is 13.5. The van der Waals surface area contributed by atoms with Crippen molar-refractivity contribution in [2.45, 2.75) is 26.3 Å². The molecule has 0 N–H and O–H groups in total. The van der Waals surface area contributed by atoms with E-state index >= 15 is 0 Å². The molecule has 148 valence electrons. The largest absolute Gasteiger partial charge is 0.305 e. The Morgan fingerprint density at radius 1 is 1.03 bits per heavy atom. The molecule has 1 amide bonds. The molecular weight excluding hydrogens is 388 g/mol. The summed E-state index contributed by atoms with van der Waals surface area (Å²) in [5.41, 5.74) is 5.20. The van der Waals surface area contributed by atoms with Gasteiger partial charge in [-0.15, -0.1) is 6.42 Å². The van der Waals surface area contributed by atoms with E-state index in [9.17, 15) is 4.79 Å². The predicted octanol–water partition coefficient (Wildman–Crippen LogP) is 5.21. The molecule has 30 heavy (non-hydrogen) atoms. The third kappa shape index (κ3) is 3.85. The lowest BCUT2D eigenvalue weighted by Crippen LogP contribution is -2.20. The zero-order valence-electron chi connectivity index (χ0n) is 17.0. The molecule has 0 aliphatic heterocycles. The normalized spacial score (nSPS) is 11.7. The highest BCUT2D eigenvalue weighted by Crippen LogP contribution is 2.27. The van der Waals surface area contributed by atoms with Crippen LogP contribution in [0.15, 0.2) is 77.8 Å². The molecule has 0 unspecified atom stereocenters. The molecule has 4 heteroatoms. The third-order valence-electron chi connectivity index (χ3n) is 5.08. The highest BCUT2D eigenvalue weighted by Gasteiger charge is 2.22. The van der Waals surface area contributed by atoms with Crippen molar-refractivity contribution < 1.29 is 4.79 Å². The minimum absolute atomic E-state index is 0.195. The second-order valence-electron chi connectivity index (χ2n) is 7.31. The number of hydrogen-bond donors (Lipinski definition) is 0. The zero-order chi connectivity index (χ0) is 21.1. The molecule has 0 aliphatic rings. The van der Waals surface area contributed by atoms with Crippen LogP contribution in [0.25, 0.3) is 10.2 Å². The SMILES string of the molecule is C#CCn1c(=NC(=O)C(c2ccccc2)c2ccccc2)sc2c(C)cc(C)cc21. The standard InChI is InChI=1S/C26H22N2OS/c1-4-15-28-22-17-18(2)16-19(3)24(22)30-26(28)27-25(29)23(20-11-7-5-8-12-20)21-13-9-6-10-14-21/h1,5-14,16-17,23H,15H2,2-3H3. The number of hydrogen-bond acceptors (Lipinski definition) is 2. The molecular formula is C26H22N2OS. The lowest BCUT2D eigenvalue weighted by molar-refractivity contribution is -0.118. The van der Waals surface area contributed by atoms with Crippen molar-refractivity contribution >= 4 is 27.5 Å². The van der Waals surface area contributed by atoms with Gasteiger partial charge in [-0.05, 0) is 42.2 Å². The first-order valence-electron chi connectivity index (χ1n) is 9.81. The molecule has 4 aromatic rings. The van der Waals surface area contributed by atoms with Crippen molar-refractivity contribution in [2.75, 3.05) is 0 Å². The predicted molar refractivity (Wildman–Crippen MR) is 123 cm³/mol. The molecule has 0 saturated carbocycles. The number of aromatic nitrogens is 1. The Labute approximate surface area is 180 Å². The van der Waals surface area contributed by atoms with Gasteiger partial charge in [-0.2, -0.15) is 4.99 Å². The van der Waals surface area contributed by atoms with Crippen molar-refractivity contribution in [1.82, 2.24) is 4.57 Å². The summed E-state index contributed by atoms with van der Waals surface area (Å²) in [6.45, 7) is 4.51. The first kappa shape index (κ1) is 19.9. The Morgan fingerprint density at radius 3 is 2.20 bits per heavy atom. The van der Waals surface area contributed by atoms with Crippen LogP contribution in [0.4, 0.5) is 0 Å². The van der Waals surface area contributed by atoms with Crippen LogP contribution in [-0.4, -0.2) is 10.5 Å². The van der Waals surface area contributed by atoms with E-state index in [1.54, 1.807) is 0 Å². The number of carbonyl (C=O) groups excluding carboxylic acids is 1. The zero-order valence-corrected chi connectivity index (χ0v) is 17.8. The Kier molecular flexibility index (Phi) is 5.65. The van der Waals surface area contributed by atoms with Gasteiger partial charge >= 0.3 is 0 Å². The summed E-state index contributed by atoms with van der Waals surface area (Å²) in [7, 11) is 0. The minimum Gasteiger partial charge on any atom is -0.305 e. The number of terminal acetylenes is 1. The van der Waals surface area contributed by atoms with Crippen molar-refractivity contribution in [3.05, 3.63) is 99.9 Å².